The summed E-state index contributed by atoms with van der Waals surface area (Å²) in [4.78, 5) is 32.5. The third kappa shape index (κ3) is 2.86. The van der Waals surface area contributed by atoms with E-state index in [0.717, 1.165) is 0 Å². The zero-order chi connectivity index (χ0) is 15.7. The number of rotatable bonds is 4. The normalized spacial score (nSPS) is 25.5. The number of carbonyl (C=O) groups excluding carboxylic acids is 1. The zero-order valence-corrected chi connectivity index (χ0v) is 11.4. The van der Waals surface area contributed by atoms with Gasteiger partial charge in [0.1, 0.15) is 6.20 Å². The highest BCUT2D eigenvalue weighted by Crippen LogP contribution is 2.37. The molecule has 114 valence electrons. The molecule has 1 aromatic heterocycles. The zero-order valence-electron chi connectivity index (χ0n) is 11.4. The fourth-order valence-electron chi connectivity index (χ4n) is 2.85. The first-order valence-corrected chi connectivity index (χ1v) is 6.57. The van der Waals surface area contributed by atoms with E-state index in [1.807, 2.05) is 6.92 Å². The highest BCUT2D eigenvalue weighted by atomic mass is 16.6. The summed E-state index contributed by atoms with van der Waals surface area (Å²) < 4.78 is 1.37. The number of nitrogens with two attached hydrogens (primary N) is 1. The number of primary amides is 1. The maximum absolute atomic E-state index is 11.2. The average Bonchev–Trinajstić information content (AvgIpc) is 2.83. The van der Waals surface area contributed by atoms with Gasteiger partial charge in [0.05, 0.1) is 16.9 Å². The number of nitrogens with zero attached hydrogens (tertiary/aromatic N) is 3. The number of nitro groups is 1. The van der Waals surface area contributed by atoms with Gasteiger partial charge in [-0.15, -0.1) is 0 Å². The lowest BCUT2D eigenvalue weighted by molar-refractivity contribution is -0.385. The van der Waals surface area contributed by atoms with Gasteiger partial charge < -0.3 is 10.8 Å². The number of aliphatic carboxylic acids is 1. The van der Waals surface area contributed by atoms with Gasteiger partial charge in [-0.1, -0.05) is 6.92 Å². The molecule has 1 aliphatic carbocycles. The first kappa shape index (κ1) is 14.9. The van der Waals surface area contributed by atoms with Gasteiger partial charge in [-0.2, -0.15) is 5.10 Å². The Hall–Kier alpha value is -2.45. The van der Waals surface area contributed by atoms with Crippen molar-refractivity contribution in [2.75, 3.05) is 0 Å². The van der Waals surface area contributed by atoms with Crippen LogP contribution in [0, 0.1) is 22.0 Å². The van der Waals surface area contributed by atoms with Gasteiger partial charge in [0.2, 0.25) is 5.69 Å². The highest BCUT2D eigenvalue weighted by molar-refractivity contribution is 5.94. The molecule has 1 saturated carbocycles. The molecule has 3 atom stereocenters. The van der Waals surface area contributed by atoms with Gasteiger partial charge in [-0.05, 0) is 25.2 Å². The second kappa shape index (κ2) is 5.51. The highest BCUT2D eigenvalue weighted by Gasteiger charge is 2.35. The maximum atomic E-state index is 11.2. The molecule has 2 rings (SSSR count). The third-order valence-electron chi connectivity index (χ3n) is 3.98. The second-order valence-electron chi connectivity index (χ2n) is 5.35. The number of hydrogen-bond acceptors (Lipinski definition) is 5. The summed E-state index contributed by atoms with van der Waals surface area (Å²) >= 11 is 0. The van der Waals surface area contributed by atoms with Gasteiger partial charge in [-0.25, -0.2) is 0 Å². The minimum Gasteiger partial charge on any atom is -0.481 e. The number of aromatic nitrogens is 2. The molecule has 1 amide bonds. The van der Waals surface area contributed by atoms with Gasteiger partial charge in [-0.3, -0.25) is 24.4 Å². The SMILES string of the molecule is CC1CC(n2cc([N+](=O)[O-])c(C(N)=O)n2)CCC1C(=O)O. The smallest absolute Gasteiger partial charge is 0.320 e. The molecule has 1 aliphatic rings. The first-order valence-electron chi connectivity index (χ1n) is 6.57. The number of hydrogen-bond donors (Lipinski definition) is 2. The van der Waals surface area contributed by atoms with Crippen molar-refractivity contribution in [3.63, 3.8) is 0 Å². The number of amides is 1. The van der Waals surface area contributed by atoms with Crippen LogP contribution in [0.3, 0.4) is 0 Å². The summed E-state index contributed by atoms with van der Waals surface area (Å²) in [5.74, 6) is -2.26. The van der Waals surface area contributed by atoms with Gasteiger partial charge in [0.25, 0.3) is 5.91 Å². The van der Waals surface area contributed by atoms with E-state index in [9.17, 15) is 19.7 Å². The van der Waals surface area contributed by atoms with E-state index in [2.05, 4.69) is 5.10 Å². The molecule has 3 N–H and O–H groups in total. The lowest BCUT2D eigenvalue weighted by Gasteiger charge is -2.31. The molecule has 3 unspecified atom stereocenters. The van der Waals surface area contributed by atoms with Crippen LogP contribution < -0.4 is 5.73 Å². The van der Waals surface area contributed by atoms with Crippen LogP contribution in [0.2, 0.25) is 0 Å². The van der Waals surface area contributed by atoms with Crippen molar-refractivity contribution >= 4 is 17.6 Å². The van der Waals surface area contributed by atoms with Crippen LogP contribution in [0.4, 0.5) is 5.69 Å². The Morgan fingerprint density at radius 1 is 1.52 bits per heavy atom. The summed E-state index contributed by atoms with van der Waals surface area (Å²) in [6, 6.07) is -0.164. The fraction of sp³-hybridized carbons (Fsp3) is 0.583. The summed E-state index contributed by atoms with van der Waals surface area (Å²) in [5, 5.41) is 23.9. The van der Waals surface area contributed by atoms with Gasteiger partial charge >= 0.3 is 11.7 Å². The van der Waals surface area contributed by atoms with Crippen molar-refractivity contribution in [2.45, 2.75) is 32.2 Å². The van der Waals surface area contributed by atoms with Crippen LogP contribution in [-0.2, 0) is 4.79 Å². The van der Waals surface area contributed by atoms with Crippen molar-refractivity contribution in [3.8, 4) is 0 Å². The predicted octanol–water partition coefficient (Wildman–Crippen LogP) is 0.952. The van der Waals surface area contributed by atoms with Crippen LogP contribution in [-0.4, -0.2) is 31.7 Å². The molecule has 9 nitrogen and oxygen atoms in total. The van der Waals surface area contributed by atoms with Crippen LogP contribution in [0.25, 0.3) is 0 Å². The summed E-state index contributed by atoms with van der Waals surface area (Å²) in [6.45, 7) is 1.83. The quantitative estimate of drug-likeness (QED) is 0.625. The Bertz CT molecular complexity index is 565. The van der Waals surface area contributed by atoms with E-state index in [4.69, 9.17) is 10.8 Å². The summed E-state index contributed by atoms with van der Waals surface area (Å²) in [5.41, 5.74) is 4.30. The molecule has 1 aromatic rings. The van der Waals surface area contributed by atoms with Crippen molar-refractivity contribution in [1.82, 2.24) is 9.78 Å². The third-order valence-corrected chi connectivity index (χ3v) is 3.98. The molecule has 9 heteroatoms. The van der Waals surface area contributed by atoms with Crippen LogP contribution in [0.1, 0.15) is 42.7 Å². The number of carboxylic acids is 1. The minimum atomic E-state index is -0.951. The molecule has 0 spiro atoms. The lowest BCUT2D eigenvalue weighted by Crippen LogP contribution is -2.30. The lowest BCUT2D eigenvalue weighted by atomic mass is 9.78. The second-order valence-corrected chi connectivity index (χ2v) is 5.35. The molecule has 1 fully saturated rings. The Kier molecular flexibility index (Phi) is 3.92. The molecule has 0 aromatic carbocycles. The molecule has 0 radical (unpaired) electrons. The van der Waals surface area contributed by atoms with Crippen molar-refractivity contribution in [1.29, 1.82) is 0 Å². The minimum absolute atomic E-state index is 0.0680. The van der Waals surface area contributed by atoms with E-state index in [-0.39, 0.29) is 17.7 Å². The Balaban J connectivity index is 2.24. The van der Waals surface area contributed by atoms with Gasteiger partial charge in [0.15, 0.2) is 0 Å². The van der Waals surface area contributed by atoms with Crippen molar-refractivity contribution in [2.24, 2.45) is 17.6 Å². The van der Waals surface area contributed by atoms with Gasteiger partial charge in [0, 0.05) is 0 Å². The fourth-order valence-corrected chi connectivity index (χ4v) is 2.85. The Morgan fingerprint density at radius 2 is 2.19 bits per heavy atom. The molecule has 21 heavy (non-hydrogen) atoms. The molecule has 1 heterocycles. The van der Waals surface area contributed by atoms with Crippen LogP contribution >= 0.6 is 0 Å². The maximum Gasteiger partial charge on any atom is 0.320 e. The standard InChI is InChI=1S/C12H16N4O5/c1-6-4-7(2-3-8(6)12(18)19)15-5-9(16(20)21)10(14-15)11(13)17/h5-8H,2-4H2,1H3,(H2,13,17)(H,18,19). The van der Waals surface area contributed by atoms with E-state index in [1.165, 1.54) is 10.9 Å². The van der Waals surface area contributed by atoms with E-state index >= 15 is 0 Å². The topological polar surface area (TPSA) is 141 Å². The predicted molar refractivity (Wildman–Crippen MR) is 70.6 cm³/mol. The van der Waals surface area contributed by atoms with E-state index < -0.39 is 28.4 Å². The largest absolute Gasteiger partial charge is 0.481 e. The molecule has 0 saturated heterocycles. The number of carboxylic acid groups (broad SMARTS) is 1. The Morgan fingerprint density at radius 3 is 2.62 bits per heavy atom. The summed E-state index contributed by atoms with van der Waals surface area (Å²) in [7, 11) is 0. The summed E-state index contributed by atoms with van der Waals surface area (Å²) in [6.07, 6.45) is 2.74. The van der Waals surface area contributed by atoms with E-state index in [0.29, 0.717) is 19.3 Å². The van der Waals surface area contributed by atoms with Crippen LogP contribution in [0.15, 0.2) is 6.20 Å². The number of carbonyl (C=O) groups is 2. The van der Waals surface area contributed by atoms with Crippen LogP contribution in [0.5, 0.6) is 0 Å². The molecular formula is C12H16N4O5. The van der Waals surface area contributed by atoms with E-state index in [1.54, 1.807) is 0 Å². The van der Waals surface area contributed by atoms with Crippen molar-refractivity contribution < 1.29 is 19.6 Å². The molecule has 0 bridgehead atoms. The average molecular weight is 296 g/mol. The molecular weight excluding hydrogens is 280 g/mol. The first-order chi connectivity index (χ1) is 9.81. The Labute approximate surface area is 119 Å². The monoisotopic (exact) mass is 296 g/mol. The van der Waals surface area contributed by atoms with Crippen molar-refractivity contribution in [3.05, 3.63) is 22.0 Å². The molecule has 0 aliphatic heterocycles.